The summed E-state index contributed by atoms with van der Waals surface area (Å²) in [6, 6.07) is 6.79. The number of nitrogens with zero attached hydrogens (tertiary/aromatic N) is 1. The molecule has 7 nitrogen and oxygen atoms in total. The van der Waals surface area contributed by atoms with E-state index in [-0.39, 0.29) is 25.2 Å². The molecule has 0 N–H and O–H groups in total. The van der Waals surface area contributed by atoms with Crippen molar-refractivity contribution in [2.45, 2.75) is 32.3 Å². The molecule has 2 rings (SSSR count). The lowest BCUT2D eigenvalue weighted by atomic mass is 9.95. The Morgan fingerprint density at radius 2 is 2.04 bits per heavy atom. The molecule has 0 bridgehead atoms. The number of likely N-dealkylation sites (N-methyl/N-ethyl adjacent to an activating group) is 1. The van der Waals surface area contributed by atoms with Crippen LogP contribution >= 0.6 is 11.6 Å². The molecule has 1 heterocycles. The number of ether oxygens (including phenoxy) is 3. The third-order valence-electron chi connectivity index (χ3n) is 4.47. The summed E-state index contributed by atoms with van der Waals surface area (Å²) in [5.74, 6) is -0.859. The van der Waals surface area contributed by atoms with Crippen LogP contribution in [0.15, 0.2) is 24.3 Å². The first-order valence-electron chi connectivity index (χ1n) is 8.92. The van der Waals surface area contributed by atoms with Crippen LogP contribution in [0.5, 0.6) is 5.75 Å². The maximum Gasteiger partial charge on any atom is 0.310 e. The maximum absolute atomic E-state index is 12.3. The SMILES string of the molecule is CCC1CC(C(=O)OCS(=O)(=O)N(C)CCOc2ccc(Cl)cc2)CCO1. The van der Waals surface area contributed by atoms with E-state index in [1.807, 2.05) is 6.92 Å². The third kappa shape index (κ3) is 6.95. The van der Waals surface area contributed by atoms with Gasteiger partial charge in [0.2, 0.25) is 16.0 Å². The highest BCUT2D eigenvalue weighted by molar-refractivity contribution is 7.88. The first-order valence-corrected chi connectivity index (χ1v) is 10.9. The van der Waals surface area contributed by atoms with Crippen molar-refractivity contribution in [3.8, 4) is 5.75 Å². The molecule has 1 aromatic carbocycles. The van der Waals surface area contributed by atoms with Crippen LogP contribution in [0.1, 0.15) is 26.2 Å². The molecular formula is C18H26ClNO6S. The number of hydrogen-bond donors (Lipinski definition) is 0. The number of carbonyl (C=O) groups is 1. The van der Waals surface area contributed by atoms with Crippen LogP contribution in [-0.4, -0.2) is 57.5 Å². The first-order chi connectivity index (χ1) is 12.8. The number of rotatable bonds is 9. The van der Waals surface area contributed by atoms with Crippen molar-refractivity contribution in [2.24, 2.45) is 5.92 Å². The fraction of sp³-hybridized carbons (Fsp3) is 0.611. The normalized spacial score (nSPS) is 20.4. The molecule has 9 heteroatoms. The number of esters is 1. The molecule has 2 atom stereocenters. The Hall–Kier alpha value is -1.35. The summed E-state index contributed by atoms with van der Waals surface area (Å²) in [5, 5.41) is 0.596. The summed E-state index contributed by atoms with van der Waals surface area (Å²) in [6.45, 7) is 2.79. The average Bonchev–Trinajstić information content (AvgIpc) is 2.67. The number of benzene rings is 1. The Labute approximate surface area is 165 Å². The fourth-order valence-electron chi connectivity index (χ4n) is 2.68. The molecule has 1 aromatic rings. The molecule has 0 aliphatic carbocycles. The lowest BCUT2D eigenvalue weighted by Crippen LogP contribution is -2.36. The van der Waals surface area contributed by atoms with E-state index in [1.165, 1.54) is 7.05 Å². The lowest BCUT2D eigenvalue weighted by molar-refractivity contribution is -0.151. The maximum atomic E-state index is 12.3. The Morgan fingerprint density at radius 3 is 2.70 bits per heavy atom. The van der Waals surface area contributed by atoms with Crippen molar-refractivity contribution in [1.82, 2.24) is 4.31 Å². The van der Waals surface area contributed by atoms with Gasteiger partial charge in [0, 0.05) is 25.2 Å². The molecule has 1 saturated heterocycles. The van der Waals surface area contributed by atoms with E-state index in [9.17, 15) is 13.2 Å². The van der Waals surface area contributed by atoms with Gasteiger partial charge in [0.25, 0.3) is 0 Å². The van der Waals surface area contributed by atoms with Gasteiger partial charge in [0.05, 0.1) is 12.0 Å². The van der Waals surface area contributed by atoms with E-state index >= 15 is 0 Å². The second kappa shape index (κ2) is 10.3. The smallest absolute Gasteiger partial charge is 0.310 e. The Morgan fingerprint density at radius 1 is 1.33 bits per heavy atom. The second-order valence-electron chi connectivity index (χ2n) is 6.44. The molecule has 0 aromatic heterocycles. The predicted octanol–water partition coefficient (Wildman–Crippen LogP) is 2.69. The van der Waals surface area contributed by atoms with Crippen molar-refractivity contribution in [2.75, 3.05) is 32.7 Å². The Balaban J connectivity index is 1.75. The summed E-state index contributed by atoms with van der Waals surface area (Å²) in [7, 11) is -2.29. The molecule has 0 radical (unpaired) electrons. The third-order valence-corrected chi connectivity index (χ3v) is 6.27. The monoisotopic (exact) mass is 419 g/mol. The zero-order chi connectivity index (χ0) is 19.9. The minimum Gasteiger partial charge on any atom is -0.492 e. The van der Waals surface area contributed by atoms with Gasteiger partial charge < -0.3 is 14.2 Å². The molecule has 0 spiro atoms. The van der Waals surface area contributed by atoms with Crippen LogP contribution in [0.25, 0.3) is 0 Å². The van der Waals surface area contributed by atoms with Gasteiger partial charge in [0.15, 0.2) is 0 Å². The zero-order valence-corrected chi connectivity index (χ0v) is 17.2. The summed E-state index contributed by atoms with van der Waals surface area (Å²) in [6.07, 6.45) is 1.97. The average molecular weight is 420 g/mol. The summed E-state index contributed by atoms with van der Waals surface area (Å²) in [5.41, 5.74) is 0. The number of hydrogen-bond acceptors (Lipinski definition) is 6. The molecule has 1 fully saturated rings. The van der Waals surface area contributed by atoms with Gasteiger partial charge in [-0.3, -0.25) is 4.79 Å². The highest BCUT2D eigenvalue weighted by atomic mass is 35.5. The number of halogens is 1. The van der Waals surface area contributed by atoms with Crippen LogP contribution in [0, 0.1) is 5.92 Å². The number of sulfonamides is 1. The highest BCUT2D eigenvalue weighted by Gasteiger charge is 2.29. The summed E-state index contributed by atoms with van der Waals surface area (Å²) >= 11 is 5.80. The lowest BCUT2D eigenvalue weighted by Gasteiger charge is -2.27. The second-order valence-corrected chi connectivity index (χ2v) is 8.90. The van der Waals surface area contributed by atoms with E-state index in [4.69, 9.17) is 25.8 Å². The van der Waals surface area contributed by atoms with E-state index < -0.39 is 21.9 Å². The van der Waals surface area contributed by atoms with Crippen molar-refractivity contribution in [3.05, 3.63) is 29.3 Å². The van der Waals surface area contributed by atoms with Gasteiger partial charge in [-0.1, -0.05) is 18.5 Å². The van der Waals surface area contributed by atoms with Crippen LogP contribution in [-0.2, 0) is 24.3 Å². The van der Waals surface area contributed by atoms with Crippen molar-refractivity contribution >= 4 is 27.6 Å². The van der Waals surface area contributed by atoms with Gasteiger partial charge in [-0.2, -0.15) is 4.31 Å². The highest BCUT2D eigenvalue weighted by Crippen LogP contribution is 2.23. The fourth-order valence-corrected chi connectivity index (χ4v) is 3.60. The minimum atomic E-state index is -3.72. The standard InChI is InChI=1S/C18H26ClNO6S/c1-3-16-12-14(8-10-24-16)18(21)26-13-27(22,23)20(2)9-11-25-17-6-4-15(19)5-7-17/h4-7,14,16H,3,8-13H2,1-2H3. The number of carbonyl (C=O) groups excluding carboxylic acids is 1. The van der Waals surface area contributed by atoms with E-state index in [0.717, 1.165) is 10.7 Å². The van der Waals surface area contributed by atoms with Crippen molar-refractivity contribution < 1.29 is 27.4 Å². The van der Waals surface area contributed by atoms with Crippen LogP contribution < -0.4 is 4.74 Å². The quantitative estimate of drug-likeness (QED) is 0.572. The topological polar surface area (TPSA) is 82.1 Å². The molecule has 1 aliphatic rings. The predicted molar refractivity (Wildman–Crippen MR) is 102 cm³/mol. The van der Waals surface area contributed by atoms with Gasteiger partial charge >= 0.3 is 5.97 Å². The Kier molecular flexibility index (Phi) is 8.34. The summed E-state index contributed by atoms with van der Waals surface area (Å²) in [4.78, 5) is 12.2. The Bertz CT molecular complexity index is 709. The molecular weight excluding hydrogens is 394 g/mol. The van der Waals surface area contributed by atoms with E-state index in [0.29, 0.717) is 30.2 Å². The molecule has 27 heavy (non-hydrogen) atoms. The van der Waals surface area contributed by atoms with Gasteiger partial charge in [-0.05, 0) is 43.5 Å². The van der Waals surface area contributed by atoms with E-state index in [2.05, 4.69) is 0 Å². The van der Waals surface area contributed by atoms with Crippen LogP contribution in [0.3, 0.4) is 0 Å². The van der Waals surface area contributed by atoms with Crippen molar-refractivity contribution in [3.63, 3.8) is 0 Å². The molecule has 152 valence electrons. The summed E-state index contributed by atoms with van der Waals surface area (Å²) < 4.78 is 41.7. The first kappa shape index (κ1) is 21.9. The molecule has 0 saturated carbocycles. The minimum absolute atomic E-state index is 0.0283. The molecule has 2 unspecified atom stereocenters. The van der Waals surface area contributed by atoms with E-state index in [1.54, 1.807) is 24.3 Å². The zero-order valence-electron chi connectivity index (χ0n) is 15.6. The van der Waals surface area contributed by atoms with Gasteiger partial charge in [-0.25, -0.2) is 8.42 Å². The van der Waals surface area contributed by atoms with Crippen LogP contribution in [0.4, 0.5) is 0 Å². The van der Waals surface area contributed by atoms with Crippen molar-refractivity contribution in [1.29, 1.82) is 0 Å². The van der Waals surface area contributed by atoms with Gasteiger partial charge in [0.1, 0.15) is 12.4 Å². The van der Waals surface area contributed by atoms with Crippen LogP contribution in [0.2, 0.25) is 5.02 Å². The molecule has 1 aliphatic heterocycles. The van der Waals surface area contributed by atoms with Gasteiger partial charge in [-0.15, -0.1) is 0 Å². The molecule has 0 amide bonds. The largest absolute Gasteiger partial charge is 0.492 e.